The van der Waals surface area contributed by atoms with Crippen molar-refractivity contribution in [3.63, 3.8) is 0 Å². The molecule has 1 aromatic heterocycles. The van der Waals surface area contributed by atoms with E-state index >= 15 is 0 Å². The van der Waals surface area contributed by atoms with Crippen molar-refractivity contribution in [3.8, 4) is 0 Å². The molecule has 0 aliphatic heterocycles. The van der Waals surface area contributed by atoms with Crippen LogP contribution in [0.5, 0.6) is 0 Å². The molecule has 0 bridgehead atoms. The Balaban J connectivity index is 1.91. The van der Waals surface area contributed by atoms with Crippen molar-refractivity contribution in [2.75, 3.05) is 17.3 Å². The standard InChI is InChI=1S/C15H19N3O4S2/c1-15(2,3)13-17-18-14(22-13)23-9-12(19)16-10-5-7-11(8-6-10)24(4,20)21/h5-8H,9H2,1-4H3,(H,16,19). The van der Waals surface area contributed by atoms with Crippen molar-refractivity contribution >= 4 is 33.2 Å². The summed E-state index contributed by atoms with van der Waals surface area (Å²) in [6.07, 6.45) is 1.13. The Hall–Kier alpha value is -1.87. The molecule has 7 nitrogen and oxygen atoms in total. The van der Waals surface area contributed by atoms with Crippen molar-refractivity contribution in [1.29, 1.82) is 0 Å². The van der Waals surface area contributed by atoms with Crippen molar-refractivity contribution < 1.29 is 17.6 Å². The lowest BCUT2D eigenvalue weighted by molar-refractivity contribution is -0.113. The number of hydrogen-bond acceptors (Lipinski definition) is 7. The van der Waals surface area contributed by atoms with Crippen LogP contribution in [0, 0.1) is 0 Å². The zero-order valence-electron chi connectivity index (χ0n) is 13.9. The van der Waals surface area contributed by atoms with Crippen LogP contribution in [0.3, 0.4) is 0 Å². The van der Waals surface area contributed by atoms with E-state index in [1.807, 2.05) is 20.8 Å². The van der Waals surface area contributed by atoms with E-state index in [4.69, 9.17) is 4.42 Å². The summed E-state index contributed by atoms with van der Waals surface area (Å²) < 4.78 is 28.3. The lowest BCUT2D eigenvalue weighted by atomic mass is 9.97. The summed E-state index contributed by atoms with van der Waals surface area (Å²) >= 11 is 1.14. The van der Waals surface area contributed by atoms with E-state index < -0.39 is 9.84 Å². The molecule has 1 aromatic carbocycles. The number of hydrogen-bond donors (Lipinski definition) is 1. The number of carbonyl (C=O) groups is 1. The SMILES string of the molecule is CC(C)(C)c1nnc(SCC(=O)Nc2ccc(S(C)(=O)=O)cc2)o1. The molecule has 130 valence electrons. The molecule has 1 N–H and O–H groups in total. The fraction of sp³-hybridized carbons (Fsp3) is 0.400. The molecule has 0 fully saturated rings. The van der Waals surface area contributed by atoms with E-state index in [1.165, 1.54) is 12.1 Å². The summed E-state index contributed by atoms with van der Waals surface area (Å²) in [5.41, 5.74) is 0.281. The molecule has 0 spiro atoms. The molecule has 1 heterocycles. The van der Waals surface area contributed by atoms with Crippen LogP contribution in [0.1, 0.15) is 26.7 Å². The molecular formula is C15H19N3O4S2. The monoisotopic (exact) mass is 369 g/mol. The highest BCUT2D eigenvalue weighted by Gasteiger charge is 2.21. The summed E-state index contributed by atoms with van der Waals surface area (Å²) in [6, 6.07) is 5.99. The largest absolute Gasteiger partial charge is 0.415 e. The van der Waals surface area contributed by atoms with E-state index in [0.717, 1.165) is 18.0 Å². The van der Waals surface area contributed by atoms with Gasteiger partial charge in [-0.2, -0.15) is 0 Å². The first-order valence-electron chi connectivity index (χ1n) is 7.12. The average molecular weight is 369 g/mol. The van der Waals surface area contributed by atoms with E-state index in [9.17, 15) is 13.2 Å². The zero-order valence-corrected chi connectivity index (χ0v) is 15.5. The van der Waals surface area contributed by atoms with Gasteiger partial charge in [0.15, 0.2) is 9.84 Å². The van der Waals surface area contributed by atoms with Crippen molar-refractivity contribution in [1.82, 2.24) is 10.2 Å². The van der Waals surface area contributed by atoms with Gasteiger partial charge in [-0.15, -0.1) is 10.2 Å². The normalized spacial score (nSPS) is 12.2. The molecule has 0 saturated heterocycles. The van der Waals surface area contributed by atoms with Crippen LogP contribution < -0.4 is 5.32 Å². The average Bonchev–Trinajstić information content (AvgIpc) is 2.94. The summed E-state index contributed by atoms with van der Waals surface area (Å²) in [5.74, 6) is 0.379. The fourth-order valence-corrected chi connectivity index (χ4v) is 2.87. The Morgan fingerprint density at radius 3 is 2.33 bits per heavy atom. The summed E-state index contributed by atoms with van der Waals surface area (Å²) in [7, 11) is -3.25. The number of nitrogens with one attached hydrogen (secondary N) is 1. The van der Waals surface area contributed by atoms with Gasteiger partial charge < -0.3 is 9.73 Å². The van der Waals surface area contributed by atoms with Gasteiger partial charge in [-0.1, -0.05) is 32.5 Å². The van der Waals surface area contributed by atoms with Gasteiger partial charge in [-0.25, -0.2) is 8.42 Å². The molecule has 1 amide bonds. The van der Waals surface area contributed by atoms with Gasteiger partial charge in [0, 0.05) is 17.4 Å². The number of amides is 1. The number of benzene rings is 1. The number of nitrogens with zero attached hydrogens (tertiary/aromatic N) is 2. The first kappa shape index (κ1) is 18.5. The molecule has 0 aliphatic rings. The van der Waals surface area contributed by atoms with Crippen molar-refractivity contribution in [3.05, 3.63) is 30.2 Å². The third-order valence-corrected chi connectivity index (χ3v) is 4.89. The molecule has 0 radical (unpaired) electrons. The van der Waals surface area contributed by atoms with Gasteiger partial charge in [0.25, 0.3) is 5.22 Å². The highest BCUT2D eigenvalue weighted by Crippen LogP contribution is 2.24. The number of anilines is 1. The Labute approximate surface area is 145 Å². The zero-order chi connectivity index (χ0) is 18.0. The second kappa shape index (κ2) is 6.94. The Bertz CT molecular complexity index is 821. The first-order chi connectivity index (χ1) is 11.1. The maximum atomic E-state index is 11.9. The molecular weight excluding hydrogens is 350 g/mol. The maximum absolute atomic E-state index is 11.9. The van der Waals surface area contributed by atoms with E-state index in [0.29, 0.717) is 16.8 Å². The van der Waals surface area contributed by atoms with E-state index in [1.54, 1.807) is 12.1 Å². The quantitative estimate of drug-likeness (QED) is 0.808. The van der Waals surface area contributed by atoms with E-state index in [-0.39, 0.29) is 22.0 Å². The Kier molecular flexibility index (Phi) is 5.34. The lowest BCUT2D eigenvalue weighted by Crippen LogP contribution is -2.14. The van der Waals surface area contributed by atoms with Gasteiger partial charge in [-0.3, -0.25) is 4.79 Å². The summed E-state index contributed by atoms with van der Waals surface area (Å²) in [5, 5.41) is 10.9. The highest BCUT2D eigenvalue weighted by molar-refractivity contribution is 7.99. The number of aromatic nitrogens is 2. The van der Waals surface area contributed by atoms with Crippen LogP contribution in [0.25, 0.3) is 0 Å². The van der Waals surface area contributed by atoms with Crippen LogP contribution >= 0.6 is 11.8 Å². The third-order valence-electron chi connectivity index (χ3n) is 2.94. The van der Waals surface area contributed by atoms with Gasteiger partial charge in [-0.05, 0) is 24.3 Å². The number of thioether (sulfide) groups is 1. The number of sulfone groups is 1. The highest BCUT2D eigenvalue weighted by atomic mass is 32.2. The number of carbonyl (C=O) groups excluding carboxylic acids is 1. The topological polar surface area (TPSA) is 102 Å². The van der Waals surface area contributed by atoms with Gasteiger partial charge in [0.05, 0.1) is 10.6 Å². The second-order valence-corrected chi connectivity index (χ2v) is 9.20. The minimum absolute atomic E-state index is 0.111. The Morgan fingerprint density at radius 2 is 1.83 bits per heavy atom. The molecule has 2 rings (SSSR count). The predicted molar refractivity (Wildman–Crippen MR) is 91.9 cm³/mol. The van der Waals surface area contributed by atoms with Crippen LogP contribution in [-0.4, -0.2) is 36.5 Å². The smallest absolute Gasteiger partial charge is 0.277 e. The predicted octanol–water partition coefficient (Wildman–Crippen LogP) is 2.50. The van der Waals surface area contributed by atoms with Crippen LogP contribution in [0.15, 0.2) is 38.8 Å². The van der Waals surface area contributed by atoms with Gasteiger partial charge >= 0.3 is 0 Å². The van der Waals surface area contributed by atoms with Crippen molar-refractivity contribution in [2.24, 2.45) is 0 Å². The minimum Gasteiger partial charge on any atom is -0.415 e. The van der Waals surface area contributed by atoms with Gasteiger partial charge in [0.1, 0.15) is 0 Å². The van der Waals surface area contributed by atoms with Crippen LogP contribution in [0.2, 0.25) is 0 Å². The minimum atomic E-state index is -3.25. The molecule has 0 aliphatic carbocycles. The summed E-state index contributed by atoms with van der Waals surface area (Å²) in [4.78, 5) is 12.1. The molecule has 2 aromatic rings. The first-order valence-corrected chi connectivity index (χ1v) is 10.0. The molecule has 24 heavy (non-hydrogen) atoms. The van der Waals surface area contributed by atoms with Crippen molar-refractivity contribution in [2.45, 2.75) is 36.3 Å². The van der Waals surface area contributed by atoms with Gasteiger partial charge in [0.2, 0.25) is 11.8 Å². The molecule has 0 unspecified atom stereocenters. The lowest BCUT2D eigenvalue weighted by Gasteiger charge is -2.10. The van der Waals surface area contributed by atoms with Crippen LogP contribution in [0.4, 0.5) is 5.69 Å². The third kappa shape index (κ3) is 5.07. The Morgan fingerprint density at radius 1 is 1.21 bits per heavy atom. The second-order valence-electron chi connectivity index (χ2n) is 6.26. The molecule has 9 heteroatoms. The fourth-order valence-electron chi connectivity index (χ4n) is 1.68. The molecule has 0 atom stereocenters. The van der Waals surface area contributed by atoms with Crippen LogP contribution in [-0.2, 0) is 20.0 Å². The van der Waals surface area contributed by atoms with E-state index in [2.05, 4.69) is 15.5 Å². The summed E-state index contributed by atoms with van der Waals surface area (Å²) in [6.45, 7) is 5.88. The molecule has 0 saturated carbocycles. The maximum Gasteiger partial charge on any atom is 0.277 e. The number of rotatable bonds is 5.